The number of guanidine groups is 1. The fourth-order valence-electron chi connectivity index (χ4n) is 2.69. The van der Waals surface area contributed by atoms with Crippen LogP contribution < -0.4 is 20.1 Å². The Morgan fingerprint density at radius 3 is 2.60 bits per heavy atom. The molecule has 1 saturated carbocycles. The van der Waals surface area contributed by atoms with Gasteiger partial charge in [-0.3, -0.25) is 0 Å². The van der Waals surface area contributed by atoms with Crippen LogP contribution in [-0.2, 0) is 13.0 Å². The molecule has 0 bridgehead atoms. The van der Waals surface area contributed by atoms with Crippen molar-refractivity contribution >= 4 is 29.9 Å². The average Bonchev–Trinajstić information content (AvgIpc) is 3.27. The van der Waals surface area contributed by atoms with Crippen LogP contribution >= 0.6 is 24.0 Å². The lowest BCUT2D eigenvalue weighted by molar-refractivity contribution is 0.352. The summed E-state index contributed by atoms with van der Waals surface area (Å²) in [5.41, 5.74) is 2.15. The molecule has 2 unspecified atom stereocenters. The molecule has 0 heterocycles. The Morgan fingerprint density at radius 2 is 2.08 bits per heavy atom. The molecule has 1 aromatic carbocycles. The van der Waals surface area contributed by atoms with Crippen LogP contribution in [0.25, 0.3) is 0 Å². The van der Waals surface area contributed by atoms with E-state index in [9.17, 15) is 0 Å². The van der Waals surface area contributed by atoms with Crippen molar-refractivity contribution in [1.82, 2.24) is 10.6 Å². The molecule has 2 atom stereocenters. The minimum atomic E-state index is 0. The highest BCUT2D eigenvalue weighted by atomic mass is 127. The summed E-state index contributed by atoms with van der Waals surface area (Å²) < 4.78 is 10.9. The Labute approximate surface area is 168 Å². The number of aliphatic imine (C=N–C) groups is 1. The fraction of sp³-hybridized carbons (Fsp3) is 0.526. The number of methoxy groups -OCH3 is 2. The maximum Gasteiger partial charge on any atom is 0.191 e. The molecule has 0 aromatic heterocycles. The number of hydrogen-bond acceptors (Lipinski definition) is 3. The zero-order chi connectivity index (χ0) is 17.5. The minimum Gasteiger partial charge on any atom is -0.493 e. The number of hydrogen-bond donors (Lipinski definition) is 2. The summed E-state index contributed by atoms with van der Waals surface area (Å²) in [6.07, 6.45) is 3.81. The van der Waals surface area contributed by atoms with Crippen molar-refractivity contribution in [2.45, 2.75) is 39.3 Å². The van der Waals surface area contributed by atoms with Crippen LogP contribution in [0.4, 0.5) is 0 Å². The summed E-state index contributed by atoms with van der Waals surface area (Å²) in [6.45, 7) is 9.57. The van der Waals surface area contributed by atoms with Crippen molar-refractivity contribution in [2.75, 3.05) is 20.8 Å². The lowest BCUT2D eigenvalue weighted by Crippen LogP contribution is -2.39. The van der Waals surface area contributed by atoms with E-state index in [1.54, 1.807) is 14.2 Å². The topological polar surface area (TPSA) is 54.9 Å². The first-order valence-electron chi connectivity index (χ1n) is 8.52. The monoisotopic (exact) mass is 459 g/mol. The van der Waals surface area contributed by atoms with Gasteiger partial charge in [-0.2, -0.15) is 0 Å². The van der Waals surface area contributed by atoms with Crippen LogP contribution in [0.5, 0.6) is 11.5 Å². The number of halogens is 1. The molecule has 0 amide bonds. The SMILES string of the molecule is C=CCc1cc(CN=C(NCC)NC2CC2C)cc(OC)c1OC.I. The van der Waals surface area contributed by atoms with Gasteiger partial charge in [-0.05, 0) is 43.4 Å². The van der Waals surface area contributed by atoms with Crippen molar-refractivity contribution in [3.05, 3.63) is 35.9 Å². The van der Waals surface area contributed by atoms with Gasteiger partial charge in [0.1, 0.15) is 0 Å². The Bertz CT molecular complexity index is 605. The second-order valence-electron chi connectivity index (χ2n) is 6.14. The van der Waals surface area contributed by atoms with E-state index >= 15 is 0 Å². The van der Waals surface area contributed by atoms with Gasteiger partial charge in [0.05, 0.1) is 20.8 Å². The van der Waals surface area contributed by atoms with Crippen LogP contribution in [0, 0.1) is 5.92 Å². The maximum atomic E-state index is 5.48. The minimum absolute atomic E-state index is 0. The zero-order valence-corrected chi connectivity index (χ0v) is 17.9. The van der Waals surface area contributed by atoms with Gasteiger partial charge in [0.2, 0.25) is 0 Å². The van der Waals surface area contributed by atoms with Gasteiger partial charge in [-0.25, -0.2) is 4.99 Å². The first kappa shape index (κ1) is 21.6. The second-order valence-corrected chi connectivity index (χ2v) is 6.14. The number of allylic oxidation sites excluding steroid dienone is 1. The average molecular weight is 459 g/mol. The van der Waals surface area contributed by atoms with Crippen molar-refractivity contribution in [3.8, 4) is 11.5 Å². The zero-order valence-electron chi connectivity index (χ0n) is 15.6. The summed E-state index contributed by atoms with van der Waals surface area (Å²) in [6, 6.07) is 4.64. The highest BCUT2D eigenvalue weighted by molar-refractivity contribution is 14.0. The van der Waals surface area contributed by atoms with Crippen molar-refractivity contribution in [3.63, 3.8) is 0 Å². The molecule has 0 spiro atoms. The van der Waals surface area contributed by atoms with Crippen LogP contribution in [0.1, 0.15) is 31.4 Å². The van der Waals surface area contributed by atoms with Gasteiger partial charge < -0.3 is 20.1 Å². The fourth-order valence-corrected chi connectivity index (χ4v) is 2.69. The predicted molar refractivity (Wildman–Crippen MR) is 114 cm³/mol. The molecule has 1 fully saturated rings. The van der Waals surface area contributed by atoms with Crippen LogP contribution in [0.15, 0.2) is 29.8 Å². The largest absolute Gasteiger partial charge is 0.493 e. The molecule has 6 heteroatoms. The number of benzene rings is 1. The van der Waals surface area contributed by atoms with Gasteiger partial charge in [-0.1, -0.05) is 13.0 Å². The number of rotatable bonds is 8. The van der Waals surface area contributed by atoms with Crippen LogP contribution in [0.2, 0.25) is 0 Å². The highest BCUT2D eigenvalue weighted by Crippen LogP contribution is 2.33. The molecule has 0 radical (unpaired) electrons. The van der Waals surface area contributed by atoms with Crippen LogP contribution in [-0.4, -0.2) is 32.8 Å². The Kier molecular flexibility index (Phi) is 9.10. The molecule has 1 aliphatic carbocycles. The van der Waals surface area contributed by atoms with Gasteiger partial charge in [0.25, 0.3) is 0 Å². The third kappa shape index (κ3) is 6.09. The van der Waals surface area contributed by atoms with E-state index in [-0.39, 0.29) is 24.0 Å². The highest BCUT2D eigenvalue weighted by Gasteiger charge is 2.33. The third-order valence-electron chi connectivity index (χ3n) is 4.18. The number of nitrogens with one attached hydrogen (secondary N) is 2. The van der Waals surface area contributed by atoms with E-state index in [1.807, 2.05) is 12.1 Å². The number of nitrogens with zero attached hydrogens (tertiary/aromatic N) is 1. The smallest absolute Gasteiger partial charge is 0.191 e. The Hall–Kier alpha value is -1.44. The molecule has 1 aromatic rings. The van der Waals surface area contributed by atoms with Gasteiger partial charge in [0, 0.05) is 18.2 Å². The van der Waals surface area contributed by atoms with E-state index in [4.69, 9.17) is 14.5 Å². The standard InChI is InChI=1S/C19H29N3O2.HI/c1-6-8-15-10-14(11-17(23-4)18(15)24-5)12-21-19(20-7-2)22-16-9-13(16)3;/h6,10-11,13,16H,1,7-9,12H2,2-5H3,(H2,20,21,22);1H. The summed E-state index contributed by atoms with van der Waals surface area (Å²) in [5, 5.41) is 6.77. The predicted octanol–water partition coefficient (Wildman–Crippen LogP) is 3.51. The lowest BCUT2D eigenvalue weighted by Gasteiger charge is -2.14. The van der Waals surface area contributed by atoms with Crippen LogP contribution in [0.3, 0.4) is 0 Å². The van der Waals surface area contributed by atoms with E-state index in [1.165, 1.54) is 6.42 Å². The van der Waals surface area contributed by atoms with E-state index in [2.05, 4.69) is 37.1 Å². The Balaban J connectivity index is 0.00000312. The Morgan fingerprint density at radius 1 is 1.36 bits per heavy atom. The quantitative estimate of drug-likeness (QED) is 0.271. The third-order valence-corrected chi connectivity index (χ3v) is 4.18. The molecule has 0 aliphatic heterocycles. The maximum absolute atomic E-state index is 5.48. The van der Waals surface area contributed by atoms with E-state index in [0.29, 0.717) is 12.6 Å². The van der Waals surface area contributed by atoms with E-state index in [0.717, 1.165) is 47.5 Å². The van der Waals surface area contributed by atoms with E-state index < -0.39 is 0 Å². The van der Waals surface area contributed by atoms with Crippen molar-refractivity contribution in [1.29, 1.82) is 0 Å². The lowest BCUT2D eigenvalue weighted by atomic mass is 10.1. The van der Waals surface area contributed by atoms with Crippen molar-refractivity contribution < 1.29 is 9.47 Å². The normalized spacial score (nSPS) is 18.8. The first-order chi connectivity index (χ1) is 11.6. The summed E-state index contributed by atoms with van der Waals surface area (Å²) in [7, 11) is 3.31. The number of ether oxygens (including phenoxy) is 2. The van der Waals surface area contributed by atoms with Gasteiger partial charge >= 0.3 is 0 Å². The summed E-state index contributed by atoms with van der Waals surface area (Å²) >= 11 is 0. The molecule has 25 heavy (non-hydrogen) atoms. The molecular formula is C19H30IN3O2. The molecule has 2 rings (SSSR count). The molecule has 1 aliphatic rings. The molecule has 2 N–H and O–H groups in total. The first-order valence-corrected chi connectivity index (χ1v) is 8.52. The summed E-state index contributed by atoms with van der Waals surface area (Å²) in [5.74, 6) is 3.10. The second kappa shape index (κ2) is 10.5. The molecule has 5 nitrogen and oxygen atoms in total. The molecular weight excluding hydrogens is 429 g/mol. The van der Waals surface area contributed by atoms with Gasteiger partial charge in [0.15, 0.2) is 17.5 Å². The van der Waals surface area contributed by atoms with Gasteiger partial charge in [-0.15, -0.1) is 30.6 Å². The molecule has 0 saturated heterocycles. The van der Waals surface area contributed by atoms with Crippen molar-refractivity contribution in [2.24, 2.45) is 10.9 Å². The summed E-state index contributed by atoms with van der Waals surface area (Å²) in [4.78, 5) is 4.70. The molecule has 140 valence electrons.